The molecule has 2 aromatic rings. The van der Waals surface area contributed by atoms with Crippen LogP contribution in [0.3, 0.4) is 0 Å². The molecule has 0 fully saturated rings. The summed E-state index contributed by atoms with van der Waals surface area (Å²) in [6, 6.07) is 18.2. The van der Waals surface area contributed by atoms with Crippen LogP contribution in [-0.2, 0) is 0 Å². The summed E-state index contributed by atoms with van der Waals surface area (Å²) in [6.07, 6.45) is -0.428. The molecule has 1 amide bonds. The average molecular weight is 227 g/mol. The standard InChI is InChI=1S/C14H13NO2/c1-15(12-8-4-2-5-9-12)14(16)17-13-10-6-3-7-11-13/h2-11,15H,1H2. The molecule has 0 aliphatic carbocycles. The van der Waals surface area contributed by atoms with E-state index in [9.17, 15) is 4.79 Å². The highest BCUT2D eigenvalue weighted by atomic mass is 16.6. The van der Waals surface area contributed by atoms with Gasteiger partial charge in [-0.2, -0.15) is 4.79 Å². The molecule has 1 unspecified atom stereocenters. The Morgan fingerprint density at radius 2 is 1.47 bits per heavy atom. The highest BCUT2D eigenvalue weighted by Crippen LogP contribution is 2.08. The first kappa shape index (κ1) is 11.4. The van der Waals surface area contributed by atoms with Crippen LogP contribution in [-0.4, -0.2) is 6.09 Å². The zero-order chi connectivity index (χ0) is 12.1. The fourth-order valence-electron chi connectivity index (χ4n) is 1.41. The Bertz CT molecular complexity index is 482. The number of carbonyl (C=O) groups excluding carboxylic acids is 1. The van der Waals surface area contributed by atoms with Crippen LogP contribution in [0.25, 0.3) is 0 Å². The van der Waals surface area contributed by atoms with E-state index in [1.807, 2.05) is 48.5 Å². The van der Waals surface area contributed by atoms with Gasteiger partial charge >= 0.3 is 6.09 Å². The van der Waals surface area contributed by atoms with Crippen LogP contribution in [0.2, 0.25) is 0 Å². The molecule has 2 rings (SSSR count). The second kappa shape index (κ2) is 5.27. The molecule has 0 radical (unpaired) electrons. The molecule has 17 heavy (non-hydrogen) atoms. The number of hydrogen-bond acceptors (Lipinski definition) is 2. The maximum atomic E-state index is 11.8. The monoisotopic (exact) mass is 227 g/mol. The van der Waals surface area contributed by atoms with Gasteiger partial charge in [0, 0.05) is 0 Å². The van der Waals surface area contributed by atoms with Crippen molar-refractivity contribution in [1.82, 2.24) is 0 Å². The topological polar surface area (TPSA) is 30.7 Å². The number of para-hydroxylation sites is 2. The number of nitrogens with one attached hydrogen (secondary N) is 1. The molecule has 3 heteroatoms. The van der Waals surface area contributed by atoms with E-state index in [2.05, 4.69) is 7.05 Å². The van der Waals surface area contributed by atoms with Crippen LogP contribution < -0.4 is 9.64 Å². The van der Waals surface area contributed by atoms with Gasteiger partial charge in [0.1, 0.15) is 11.4 Å². The van der Waals surface area contributed by atoms with Crippen molar-refractivity contribution in [2.24, 2.45) is 0 Å². The van der Waals surface area contributed by atoms with Gasteiger partial charge in [0.2, 0.25) is 0 Å². The smallest absolute Gasteiger partial charge is 0.382 e. The quantitative estimate of drug-likeness (QED) is 0.797. The molecule has 0 saturated heterocycles. The Morgan fingerprint density at radius 1 is 0.941 bits per heavy atom. The van der Waals surface area contributed by atoms with Crippen LogP contribution in [0.4, 0.5) is 10.5 Å². The summed E-state index contributed by atoms with van der Waals surface area (Å²) in [6.45, 7) is 0. The summed E-state index contributed by atoms with van der Waals surface area (Å²) in [7, 11) is 3.75. The first-order valence-electron chi connectivity index (χ1n) is 5.29. The lowest BCUT2D eigenvalue weighted by Gasteiger charge is -2.16. The van der Waals surface area contributed by atoms with Gasteiger partial charge in [0.05, 0.1) is 0 Å². The summed E-state index contributed by atoms with van der Waals surface area (Å²) >= 11 is 0. The van der Waals surface area contributed by atoms with Crippen molar-refractivity contribution >= 4 is 11.8 Å². The third-order valence-corrected chi connectivity index (χ3v) is 2.32. The third-order valence-electron chi connectivity index (χ3n) is 2.32. The zero-order valence-electron chi connectivity index (χ0n) is 9.30. The molecule has 1 N–H and O–H groups in total. The Morgan fingerprint density at radius 3 is 2.06 bits per heavy atom. The molecule has 86 valence electrons. The van der Waals surface area contributed by atoms with Gasteiger partial charge in [-0.25, -0.2) is 0 Å². The Balaban J connectivity index is 2.06. The van der Waals surface area contributed by atoms with E-state index < -0.39 is 6.09 Å². The summed E-state index contributed by atoms with van der Waals surface area (Å²) in [5.74, 6) is 0.523. The third kappa shape index (κ3) is 2.92. The fourth-order valence-corrected chi connectivity index (χ4v) is 1.41. The predicted octanol–water partition coefficient (Wildman–Crippen LogP) is 2.19. The van der Waals surface area contributed by atoms with E-state index >= 15 is 0 Å². The molecular weight excluding hydrogens is 214 g/mol. The minimum atomic E-state index is -0.428. The number of quaternary nitrogens is 1. The molecule has 1 atom stereocenters. The summed E-state index contributed by atoms with van der Waals surface area (Å²) in [4.78, 5) is 12.1. The number of rotatable bonds is 2. The molecule has 3 nitrogen and oxygen atoms in total. The van der Waals surface area contributed by atoms with Crippen molar-refractivity contribution in [3.63, 3.8) is 0 Å². The van der Waals surface area contributed by atoms with Crippen LogP contribution in [0.5, 0.6) is 5.75 Å². The highest BCUT2D eigenvalue weighted by molar-refractivity contribution is 5.64. The maximum Gasteiger partial charge on any atom is 0.497 e. The van der Waals surface area contributed by atoms with Gasteiger partial charge < -0.3 is 9.64 Å². The van der Waals surface area contributed by atoms with E-state index in [0.29, 0.717) is 10.6 Å². The van der Waals surface area contributed by atoms with Crippen molar-refractivity contribution in [3.8, 4) is 5.75 Å². The average Bonchev–Trinajstić information content (AvgIpc) is 2.40. The number of carbonyl (C=O) groups is 1. The van der Waals surface area contributed by atoms with Crippen molar-refractivity contribution in [2.45, 2.75) is 0 Å². The number of benzene rings is 2. The largest absolute Gasteiger partial charge is 0.497 e. The van der Waals surface area contributed by atoms with Crippen LogP contribution >= 0.6 is 0 Å². The van der Waals surface area contributed by atoms with Crippen molar-refractivity contribution in [1.29, 1.82) is 0 Å². The van der Waals surface area contributed by atoms with Gasteiger partial charge in [-0.05, 0) is 24.3 Å². The van der Waals surface area contributed by atoms with E-state index in [1.54, 1.807) is 12.1 Å². The number of ether oxygens (including phenoxy) is 1. The number of hydrogen-bond donors (Lipinski definition) is 1. The second-order valence-corrected chi connectivity index (χ2v) is 3.55. The predicted molar refractivity (Wildman–Crippen MR) is 64.9 cm³/mol. The van der Waals surface area contributed by atoms with Gasteiger partial charge in [0.25, 0.3) is 0 Å². The highest BCUT2D eigenvalue weighted by Gasteiger charge is 2.14. The van der Waals surface area contributed by atoms with Crippen molar-refractivity contribution in [2.75, 3.05) is 0 Å². The van der Waals surface area contributed by atoms with Gasteiger partial charge in [-0.3, -0.25) is 0 Å². The van der Waals surface area contributed by atoms with E-state index in [1.165, 1.54) is 0 Å². The molecule has 0 aliphatic heterocycles. The minimum absolute atomic E-state index is 0.356. The zero-order valence-corrected chi connectivity index (χ0v) is 9.30. The molecule has 0 aliphatic rings. The van der Waals surface area contributed by atoms with Crippen molar-refractivity contribution in [3.05, 3.63) is 67.7 Å². The molecule has 2 aromatic carbocycles. The van der Waals surface area contributed by atoms with E-state index in [0.717, 1.165) is 5.69 Å². The van der Waals surface area contributed by atoms with Crippen LogP contribution in [0, 0.1) is 7.05 Å². The molecule has 0 saturated carbocycles. The summed E-state index contributed by atoms with van der Waals surface area (Å²) in [5.41, 5.74) is 0.772. The lowest BCUT2D eigenvalue weighted by atomic mass is 10.3. The SMILES string of the molecule is [CH2-][NH+](C(=O)Oc1ccccc1)c1ccccc1. The van der Waals surface area contributed by atoms with Gasteiger partial charge in [0.15, 0.2) is 0 Å². The molecule has 0 heterocycles. The van der Waals surface area contributed by atoms with Crippen molar-refractivity contribution < 1.29 is 14.4 Å². The fraction of sp³-hybridized carbons (Fsp3) is 0. The van der Waals surface area contributed by atoms with Gasteiger partial charge in [-0.1, -0.05) is 36.4 Å². The molecular formula is C14H13NO2. The second-order valence-electron chi connectivity index (χ2n) is 3.55. The Labute approximate surface area is 100 Å². The maximum absolute atomic E-state index is 11.8. The summed E-state index contributed by atoms with van der Waals surface area (Å²) < 4.78 is 5.19. The van der Waals surface area contributed by atoms with E-state index in [4.69, 9.17) is 4.74 Å². The van der Waals surface area contributed by atoms with Gasteiger partial charge in [-0.15, -0.1) is 7.05 Å². The summed E-state index contributed by atoms with van der Waals surface area (Å²) in [5, 5.41) is 0. The Kier molecular flexibility index (Phi) is 3.52. The molecule has 0 aromatic heterocycles. The van der Waals surface area contributed by atoms with Crippen LogP contribution in [0.1, 0.15) is 0 Å². The minimum Gasteiger partial charge on any atom is -0.382 e. The van der Waals surface area contributed by atoms with Crippen LogP contribution in [0.15, 0.2) is 60.7 Å². The molecule has 0 spiro atoms. The lowest BCUT2D eigenvalue weighted by Crippen LogP contribution is -3.05. The normalized spacial score (nSPS) is 11.8. The first-order chi connectivity index (χ1) is 8.27. The number of amides is 1. The van der Waals surface area contributed by atoms with E-state index in [-0.39, 0.29) is 0 Å². The first-order valence-corrected chi connectivity index (χ1v) is 5.29. The Hall–Kier alpha value is -2.13. The lowest BCUT2D eigenvalue weighted by molar-refractivity contribution is -0.695. The molecule has 0 bridgehead atoms.